The van der Waals surface area contributed by atoms with E-state index in [4.69, 9.17) is 0 Å². The summed E-state index contributed by atoms with van der Waals surface area (Å²) in [6, 6.07) is 0. The first-order valence-corrected chi connectivity index (χ1v) is 3.86. The average Bonchev–Trinajstić information content (AvgIpc) is 2.48. The summed E-state index contributed by atoms with van der Waals surface area (Å²) in [5.41, 5.74) is 0.784. The molecule has 0 saturated heterocycles. The first kappa shape index (κ1) is 8.70. The van der Waals surface area contributed by atoms with Crippen LogP contribution in [0.4, 0.5) is 0 Å². The molecule has 12 heavy (non-hydrogen) atoms. The van der Waals surface area contributed by atoms with Crippen molar-refractivity contribution in [3.05, 3.63) is 11.9 Å². The number of nitrogens with zero attached hydrogens (tertiary/aromatic N) is 3. The van der Waals surface area contributed by atoms with Crippen molar-refractivity contribution in [2.24, 2.45) is 0 Å². The minimum Gasteiger partial charge on any atom is -0.351 e. The summed E-state index contributed by atoms with van der Waals surface area (Å²) < 4.78 is 1.72. The summed E-state index contributed by atoms with van der Waals surface area (Å²) in [4.78, 5) is 10.5. The second-order valence-electron chi connectivity index (χ2n) is 2.48. The van der Waals surface area contributed by atoms with Crippen LogP contribution in [-0.4, -0.2) is 20.9 Å². The highest BCUT2D eigenvalue weighted by Gasteiger charge is 1.98. The van der Waals surface area contributed by atoms with Gasteiger partial charge in [-0.05, 0) is 6.92 Å². The molecule has 0 radical (unpaired) electrons. The molecule has 0 aromatic carbocycles. The Morgan fingerprint density at radius 2 is 2.50 bits per heavy atom. The fourth-order valence-corrected chi connectivity index (χ4v) is 0.789. The molecule has 66 valence electrons. The second kappa shape index (κ2) is 3.85. The van der Waals surface area contributed by atoms with Gasteiger partial charge in [0.1, 0.15) is 5.69 Å². The van der Waals surface area contributed by atoms with Gasteiger partial charge in [-0.15, -0.1) is 5.10 Å². The van der Waals surface area contributed by atoms with E-state index >= 15 is 0 Å². The third-order valence-corrected chi connectivity index (χ3v) is 1.43. The van der Waals surface area contributed by atoms with Crippen molar-refractivity contribution in [1.29, 1.82) is 0 Å². The predicted octanol–water partition coefficient (Wildman–Crippen LogP) is -0.0659. The molecular weight excluding hydrogens is 156 g/mol. The SMILES string of the molecule is CCn1cc(CNC(C)=O)nn1. The number of aryl methyl sites for hydroxylation is 1. The Morgan fingerprint density at radius 3 is 3.00 bits per heavy atom. The highest BCUT2D eigenvalue weighted by molar-refractivity contribution is 5.72. The van der Waals surface area contributed by atoms with Crippen LogP contribution >= 0.6 is 0 Å². The van der Waals surface area contributed by atoms with Crippen molar-refractivity contribution < 1.29 is 4.79 Å². The van der Waals surface area contributed by atoms with E-state index in [9.17, 15) is 4.79 Å². The van der Waals surface area contributed by atoms with Gasteiger partial charge >= 0.3 is 0 Å². The van der Waals surface area contributed by atoms with Gasteiger partial charge in [-0.2, -0.15) is 0 Å². The van der Waals surface area contributed by atoms with Crippen molar-refractivity contribution in [2.45, 2.75) is 26.9 Å². The number of nitrogens with one attached hydrogen (secondary N) is 1. The summed E-state index contributed by atoms with van der Waals surface area (Å²) in [5.74, 6) is -0.0546. The highest BCUT2D eigenvalue weighted by Crippen LogP contribution is 1.91. The Hall–Kier alpha value is -1.39. The zero-order chi connectivity index (χ0) is 8.97. The summed E-state index contributed by atoms with van der Waals surface area (Å²) >= 11 is 0. The number of rotatable bonds is 3. The molecule has 5 heteroatoms. The molecule has 0 aliphatic rings. The zero-order valence-electron chi connectivity index (χ0n) is 7.24. The van der Waals surface area contributed by atoms with Crippen LogP contribution < -0.4 is 5.32 Å². The summed E-state index contributed by atoms with van der Waals surface area (Å²) in [5, 5.41) is 10.3. The number of hydrogen-bond donors (Lipinski definition) is 1. The fourth-order valence-electron chi connectivity index (χ4n) is 0.789. The van der Waals surface area contributed by atoms with Crippen molar-refractivity contribution >= 4 is 5.91 Å². The van der Waals surface area contributed by atoms with Gasteiger partial charge in [-0.1, -0.05) is 5.21 Å². The van der Waals surface area contributed by atoms with E-state index in [0.717, 1.165) is 12.2 Å². The van der Waals surface area contributed by atoms with Crippen molar-refractivity contribution in [3.8, 4) is 0 Å². The molecule has 0 atom stereocenters. The Balaban J connectivity index is 2.47. The molecule has 1 N–H and O–H groups in total. The third kappa shape index (κ3) is 2.34. The van der Waals surface area contributed by atoms with Gasteiger partial charge in [0.15, 0.2) is 0 Å². The lowest BCUT2D eigenvalue weighted by Crippen LogP contribution is -2.19. The molecule has 0 unspecified atom stereocenters. The van der Waals surface area contributed by atoms with Gasteiger partial charge in [0.05, 0.1) is 12.7 Å². The third-order valence-electron chi connectivity index (χ3n) is 1.43. The van der Waals surface area contributed by atoms with Crippen molar-refractivity contribution in [1.82, 2.24) is 20.3 Å². The van der Waals surface area contributed by atoms with Gasteiger partial charge in [0.2, 0.25) is 5.91 Å². The minimum atomic E-state index is -0.0546. The molecule has 0 saturated carbocycles. The van der Waals surface area contributed by atoms with Gasteiger partial charge in [-0.3, -0.25) is 9.48 Å². The van der Waals surface area contributed by atoms with Crippen LogP contribution in [0.5, 0.6) is 0 Å². The van der Waals surface area contributed by atoms with E-state index < -0.39 is 0 Å². The van der Waals surface area contributed by atoms with E-state index in [-0.39, 0.29) is 5.91 Å². The molecule has 1 amide bonds. The number of carbonyl (C=O) groups excluding carboxylic acids is 1. The molecule has 1 heterocycles. The Morgan fingerprint density at radius 1 is 1.75 bits per heavy atom. The smallest absolute Gasteiger partial charge is 0.217 e. The lowest BCUT2D eigenvalue weighted by molar-refractivity contribution is -0.119. The van der Waals surface area contributed by atoms with Crippen LogP contribution in [0.25, 0.3) is 0 Å². The van der Waals surface area contributed by atoms with Crippen molar-refractivity contribution in [2.75, 3.05) is 0 Å². The molecule has 0 aliphatic heterocycles. The van der Waals surface area contributed by atoms with Crippen LogP contribution in [0.3, 0.4) is 0 Å². The Labute approximate surface area is 70.8 Å². The van der Waals surface area contributed by atoms with E-state index in [1.807, 2.05) is 13.1 Å². The van der Waals surface area contributed by atoms with Gasteiger partial charge in [0, 0.05) is 13.5 Å². The molecule has 1 aromatic heterocycles. The summed E-state index contributed by atoms with van der Waals surface area (Å²) in [6.45, 7) is 4.71. The maximum atomic E-state index is 10.5. The maximum Gasteiger partial charge on any atom is 0.217 e. The van der Waals surface area contributed by atoms with Gasteiger partial charge < -0.3 is 5.32 Å². The van der Waals surface area contributed by atoms with Gasteiger partial charge in [-0.25, -0.2) is 0 Å². The van der Waals surface area contributed by atoms with Gasteiger partial charge in [0.25, 0.3) is 0 Å². The van der Waals surface area contributed by atoms with Crippen LogP contribution in [0.15, 0.2) is 6.20 Å². The molecule has 1 rings (SSSR count). The number of amides is 1. The van der Waals surface area contributed by atoms with Crippen LogP contribution in [0, 0.1) is 0 Å². The first-order valence-electron chi connectivity index (χ1n) is 3.86. The molecule has 0 aliphatic carbocycles. The fraction of sp³-hybridized carbons (Fsp3) is 0.571. The highest BCUT2D eigenvalue weighted by atomic mass is 16.1. The van der Waals surface area contributed by atoms with Crippen LogP contribution in [0.2, 0.25) is 0 Å². The van der Waals surface area contributed by atoms with Crippen LogP contribution in [0.1, 0.15) is 19.5 Å². The molecule has 1 aromatic rings. The standard InChI is InChI=1S/C7H12N4O/c1-3-11-5-7(9-10-11)4-8-6(2)12/h5H,3-4H2,1-2H3,(H,8,12). The number of aromatic nitrogens is 3. The van der Waals surface area contributed by atoms with E-state index in [2.05, 4.69) is 15.6 Å². The Bertz CT molecular complexity index is 268. The van der Waals surface area contributed by atoms with E-state index in [0.29, 0.717) is 6.54 Å². The molecule has 0 spiro atoms. The average molecular weight is 168 g/mol. The van der Waals surface area contributed by atoms with E-state index in [1.54, 1.807) is 4.68 Å². The minimum absolute atomic E-state index is 0.0546. The lowest BCUT2D eigenvalue weighted by atomic mass is 10.4. The molecule has 0 bridgehead atoms. The Kier molecular flexibility index (Phi) is 2.79. The first-order chi connectivity index (χ1) is 5.72. The molecule has 0 fully saturated rings. The summed E-state index contributed by atoms with van der Waals surface area (Å²) in [7, 11) is 0. The normalized spacial score (nSPS) is 9.83. The number of carbonyl (C=O) groups is 1. The second-order valence-corrected chi connectivity index (χ2v) is 2.48. The maximum absolute atomic E-state index is 10.5. The zero-order valence-corrected chi connectivity index (χ0v) is 7.24. The number of hydrogen-bond acceptors (Lipinski definition) is 3. The lowest BCUT2D eigenvalue weighted by Gasteiger charge is -1.95. The van der Waals surface area contributed by atoms with E-state index in [1.165, 1.54) is 6.92 Å². The topological polar surface area (TPSA) is 59.8 Å². The molecule has 5 nitrogen and oxygen atoms in total. The quantitative estimate of drug-likeness (QED) is 0.687. The molecular formula is C7H12N4O. The van der Waals surface area contributed by atoms with Crippen LogP contribution in [-0.2, 0) is 17.9 Å². The van der Waals surface area contributed by atoms with Crippen molar-refractivity contribution in [3.63, 3.8) is 0 Å². The summed E-state index contributed by atoms with van der Waals surface area (Å²) in [6.07, 6.45) is 1.82. The largest absolute Gasteiger partial charge is 0.351 e. The predicted molar refractivity (Wildman–Crippen MR) is 43.2 cm³/mol. The monoisotopic (exact) mass is 168 g/mol.